The van der Waals surface area contributed by atoms with Gasteiger partial charge in [0.15, 0.2) is 6.61 Å². The monoisotopic (exact) mass is 396 g/mol. The minimum Gasteiger partial charge on any atom is -0.455 e. The van der Waals surface area contributed by atoms with Crippen molar-refractivity contribution in [1.82, 2.24) is 9.62 Å². The van der Waals surface area contributed by atoms with Gasteiger partial charge < -0.3 is 10.1 Å². The van der Waals surface area contributed by atoms with Crippen LogP contribution in [0.1, 0.15) is 31.7 Å². The summed E-state index contributed by atoms with van der Waals surface area (Å²) in [6, 6.07) is 10.0. The smallest absolute Gasteiger partial charge is 0.309 e. The van der Waals surface area contributed by atoms with Gasteiger partial charge in [-0.2, -0.15) is 0 Å². The molecule has 1 N–H and O–H groups in total. The largest absolute Gasteiger partial charge is 0.455 e. The zero-order valence-electron chi connectivity index (χ0n) is 15.7. The molecule has 1 aliphatic heterocycles. The number of aryl methyl sites for hydroxylation is 1. The lowest BCUT2D eigenvalue weighted by Crippen LogP contribution is -2.41. The van der Waals surface area contributed by atoms with Crippen molar-refractivity contribution in [2.24, 2.45) is 5.92 Å². The van der Waals surface area contributed by atoms with Crippen LogP contribution >= 0.6 is 0 Å². The molecule has 1 heterocycles. The van der Waals surface area contributed by atoms with Gasteiger partial charge in [0.2, 0.25) is 10.0 Å². The van der Waals surface area contributed by atoms with Crippen molar-refractivity contribution >= 4 is 21.9 Å². The molecule has 7 nitrogen and oxygen atoms in total. The molecule has 0 unspecified atom stereocenters. The van der Waals surface area contributed by atoms with Crippen molar-refractivity contribution in [3.63, 3.8) is 0 Å². The molecular weight excluding hydrogens is 368 g/mol. The first kappa shape index (κ1) is 21.4. The second kappa shape index (κ2) is 10.4. The van der Waals surface area contributed by atoms with Crippen LogP contribution in [0, 0.1) is 5.92 Å². The highest BCUT2D eigenvalue weighted by Gasteiger charge is 2.31. The minimum atomic E-state index is -3.21. The molecule has 1 fully saturated rings. The molecule has 1 aromatic rings. The first-order valence-corrected chi connectivity index (χ1v) is 11.0. The quantitative estimate of drug-likeness (QED) is 0.502. The molecule has 150 valence electrons. The standard InChI is InChI=1S/C19H28N2O5S/c1-2-27(24,25)21-13-10-17(11-14-21)19(23)26-15-18(22)20-12-6-9-16-7-4-3-5-8-16/h3-5,7-8,17H,2,6,9-15H2,1H3,(H,20,22). The molecule has 8 heteroatoms. The summed E-state index contributed by atoms with van der Waals surface area (Å²) in [7, 11) is -3.21. The predicted octanol–water partition coefficient (Wildman–Crippen LogP) is 1.34. The Kier molecular flexibility index (Phi) is 8.24. The fourth-order valence-corrected chi connectivity index (χ4v) is 4.16. The molecule has 0 saturated carbocycles. The normalized spacial score (nSPS) is 16.0. The zero-order chi connectivity index (χ0) is 19.7. The van der Waals surface area contributed by atoms with Gasteiger partial charge in [0.05, 0.1) is 11.7 Å². The Balaban J connectivity index is 1.60. The Hall–Kier alpha value is -1.93. The lowest BCUT2D eigenvalue weighted by molar-refractivity contribution is -0.153. The molecule has 0 aromatic heterocycles. The molecule has 0 aliphatic carbocycles. The number of ether oxygens (including phenoxy) is 1. The van der Waals surface area contributed by atoms with Crippen molar-refractivity contribution in [1.29, 1.82) is 0 Å². The van der Waals surface area contributed by atoms with Gasteiger partial charge >= 0.3 is 5.97 Å². The summed E-state index contributed by atoms with van der Waals surface area (Å²) >= 11 is 0. The highest BCUT2D eigenvalue weighted by atomic mass is 32.2. The number of rotatable bonds is 9. The van der Waals surface area contributed by atoms with E-state index in [1.807, 2.05) is 30.3 Å². The third kappa shape index (κ3) is 6.95. The molecule has 0 atom stereocenters. The zero-order valence-corrected chi connectivity index (χ0v) is 16.5. The summed E-state index contributed by atoms with van der Waals surface area (Å²) in [5.41, 5.74) is 1.22. The van der Waals surface area contributed by atoms with E-state index in [1.165, 1.54) is 9.87 Å². The van der Waals surface area contributed by atoms with Gasteiger partial charge in [-0.1, -0.05) is 30.3 Å². The SMILES string of the molecule is CCS(=O)(=O)N1CCC(C(=O)OCC(=O)NCCCc2ccccc2)CC1. The Labute approximate surface area is 161 Å². The predicted molar refractivity (Wildman–Crippen MR) is 102 cm³/mol. The molecule has 1 aromatic carbocycles. The van der Waals surface area contributed by atoms with Gasteiger partial charge in [-0.05, 0) is 38.2 Å². The van der Waals surface area contributed by atoms with Crippen molar-refractivity contribution < 1.29 is 22.7 Å². The number of amides is 1. The van der Waals surface area contributed by atoms with Gasteiger partial charge in [0, 0.05) is 19.6 Å². The van der Waals surface area contributed by atoms with Crippen LogP contribution in [0.4, 0.5) is 0 Å². The summed E-state index contributed by atoms with van der Waals surface area (Å²) in [5.74, 6) is -1.03. The average molecular weight is 397 g/mol. The molecule has 0 spiro atoms. The molecule has 1 amide bonds. The van der Waals surface area contributed by atoms with Crippen LogP contribution in [-0.2, 0) is 30.8 Å². The van der Waals surface area contributed by atoms with Crippen LogP contribution < -0.4 is 5.32 Å². The van der Waals surface area contributed by atoms with Crippen LogP contribution in [0.5, 0.6) is 0 Å². The molecular formula is C19H28N2O5S. The fourth-order valence-electron chi connectivity index (χ4n) is 3.02. The Morgan fingerprint density at radius 3 is 2.48 bits per heavy atom. The highest BCUT2D eigenvalue weighted by molar-refractivity contribution is 7.89. The topological polar surface area (TPSA) is 92.8 Å². The summed E-state index contributed by atoms with van der Waals surface area (Å²) in [5, 5.41) is 2.74. The van der Waals surface area contributed by atoms with Crippen LogP contribution in [0.2, 0.25) is 0 Å². The van der Waals surface area contributed by atoms with Gasteiger partial charge in [-0.15, -0.1) is 0 Å². The van der Waals surface area contributed by atoms with Gasteiger partial charge in [-0.3, -0.25) is 9.59 Å². The second-order valence-corrected chi connectivity index (χ2v) is 8.88. The number of piperidine rings is 1. The van der Waals surface area contributed by atoms with Crippen molar-refractivity contribution in [3.8, 4) is 0 Å². The van der Waals surface area contributed by atoms with E-state index >= 15 is 0 Å². The van der Waals surface area contributed by atoms with Gasteiger partial charge in [-0.25, -0.2) is 12.7 Å². The maximum Gasteiger partial charge on any atom is 0.309 e. The number of carbonyl (C=O) groups is 2. The number of hydrogen-bond acceptors (Lipinski definition) is 5. The van der Waals surface area contributed by atoms with E-state index in [2.05, 4.69) is 5.32 Å². The summed E-state index contributed by atoms with van der Waals surface area (Å²) in [4.78, 5) is 23.9. The van der Waals surface area contributed by atoms with Crippen LogP contribution in [-0.4, -0.2) is 56.6 Å². The number of nitrogens with zero attached hydrogens (tertiary/aromatic N) is 1. The molecule has 0 radical (unpaired) electrons. The lowest BCUT2D eigenvalue weighted by atomic mass is 9.98. The Bertz CT molecular complexity index is 713. The number of benzene rings is 1. The first-order valence-electron chi connectivity index (χ1n) is 9.37. The van der Waals surface area contributed by atoms with Gasteiger partial charge in [0.25, 0.3) is 5.91 Å². The van der Waals surface area contributed by atoms with E-state index in [1.54, 1.807) is 6.92 Å². The number of carbonyl (C=O) groups excluding carboxylic acids is 2. The Morgan fingerprint density at radius 2 is 1.85 bits per heavy atom. The molecule has 1 aliphatic rings. The number of nitrogens with one attached hydrogen (secondary N) is 1. The highest BCUT2D eigenvalue weighted by Crippen LogP contribution is 2.21. The fraction of sp³-hybridized carbons (Fsp3) is 0.579. The van der Waals surface area contributed by atoms with E-state index in [-0.39, 0.29) is 24.2 Å². The van der Waals surface area contributed by atoms with Crippen molar-refractivity contribution in [2.75, 3.05) is 32.0 Å². The number of hydrogen-bond donors (Lipinski definition) is 1. The van der Waals surface area contributed by atoms with E-state index in [4.69, 9.17) is 4.74 Å². The lowest BCUT2D eigenvalue weighted by Gasteiger charge is -2.29. The van der Waals surface area contributed by atoms with Crippen molar-refractivity contribution in [3.05, 3.63) is 35.9 Å². The van der Waals surface area contributed by atoms with E-state index in [9.17, 15) is 18.0 Å². The van der Waals surface area contributed by atoms with Crippen molar-refractivity contribution in [2.45, 2.75) is 32.6 Å². The van der Waals surface area contributed by atoms with Crippen LogP contribution in [0.25, 0.3) is 0 Å². The first-order chi connectivity index (χ1) is 12.9. The second-order valence-electron chi connectivity index (χ2n) is 6.62. The summed E-state index contributed by atoms with van der Waals surface area (Å²) in [6.07, 6.45) is 2.54. The maximum atomic E-state index is 12.1. The summed E-state index contributed by atoms with van der Waals surface area (Å²) < 4.78 is 30.1. The number of esters is 1. The van der Waals surface area contributed by atoms with Crippen LogP contribution in [0.3, 0.4) is 0 Å². The van der Waals surface area contributed by atoms with Gasteiger partial charge in [0.1, 0.15) is 0 Å². The van der Waals surface area contributed by atoms with E-state index in [0.29, 0.717) is 32.5 Å². The third-order valence-corrected chi connectivity index (χ3v) is 6.58. The van der Waals surface area contributed by atoms with E-state index in [0.717, 1.165) is 12.8 Å². The Morgan fingerprint density at radius 1 is 1.19 bits per heavy atom. The molecule has 0 bridgehead atoms. The summed E-state index contributed by atoms with van der Waals surface area (Å²) in [6.45, 7) is 2.48. The molecule has 1 saturated heterocycles. The average Bonchev–Trinajstić information content (AvgIpc) is 2.70. The van der Waals surface area contributed by atoms with E-state index < -0.39 is 16.0 Å². The molecule has 27 heavy (non-hydrogen) atoms. The molecule has 2 rings (SSSR count). The third-order valence-electron chi connectivity index (χ3n) is 4.70. The minimum absolute atomic E-state index is 0.0621. The number of sulfonamides is 1. The van der Waals surface area contributed by atoms with Crippen LogP contribution in [0.15, 0.2) is 30.3 Å². The maximum absolute atomic E-state index is 12.1.